The number of nitrogens with zero attached hydrogens (tertiary/aromatic N) is 3. The molecular formula is C10H9N3O. The Morgan fingerprint density at radius 1 is 1.21 bits per heavy atom. The van der Waals surface area contributed by atoms with Crippen LogP contribution < -0.4 is 0 Å². The summed E-state index contributed by atoms with van der Waals surface area (Å²) in [5.74, 6) is 0. The molecule has 2 aromatic rings. The van der Waals surface area contributed by atoms with Crippen LogP contribution in [0.3, 0.4) is 0 Å². The molecule has 0 bridgehead atoms. The molecule has 0 N–H and O–H groups in total. The van der Waals surface area contributed by atoms with Crippen molar-refractivity contribution in [3.63, 3.8) is 0 Å². The van der Waals surface area contributed by atoms with Crippen molar-refractivity contribution in [2.45, 2.75) is 6.54 Å². The number of rotatable bonds is 3. The summed E-state index contributed by atoms with van der Waals surface area (Å²) < 4.78 is 1.82. The third kappa shape index (κ3) is 1.69. The molecular weight excluding hydrogens is 178 g/mol. The molecule has 0 atom stereocenters. The zero-order valence-electron chi connectivity index (χ0n) is 7.50. The van der Waals surface area contributed by atoms with Gasteiger partial charge in [0, 0.05) is 5.56 Å². The molecule has 0 saturated carbocycles. The normalized spacial score (nSPS) is 10.0. The van der Waals surface area contributed by atoms with E-state index in [0.29, 0.717) is 12.1 Å². The number of carbonyl (C=O) groups excluding carboxylic acids is 1. The van der Waals surface area contributed by atoms with Crippen molar-refractivity contribution in [2.75, 3.05) is 0 Å². The molecule has 0 aliphatic heterocycles. The second-order valence-corrected chi connectivity index (χ2v) is 2.95. The largest absolute Gasteiger partial charge is 0.316 e. The fourth-order valence-corrected chi connectivity index (χ4v) is 1.29. The van der Waals surface area contributed by atoms with E-state index in [0.717, 1.165) is 11.8 Å². The van der Waals surface area contributed by atoms with Gasteiger partial charge in [-0.3, -0.25) is 4.79 Å². The summed E-state index contributed by atoms with van der Waals surface area (Å²) in [6.45, 7) is 0.627. The third-order valence-electron chi connectivity index (χ3n) is 2.00. The maximum Gasteiger partial charge on any atom is 0.150 e. The van der Waals surface area contributed by atoms with Gasteiger partial charge in [0.15, 0.2) is 0 Å². The van der Waals surface area contributed by atoms with Gasteiger partial charge in [0.1, 0.15) is 18.9 Å². The minimum Gasteiger partial charge on any atom is -0.316 e. The Labute approximate surface area is 81.2 Å². The number of benzene rings is 1. The van der Waals surface area contributed by atoms with Crippen LogP contribution in [-0.4, -0.2) is 21.1 Å². The van der Waals surface area contributed by atoms with Crippen LogP contribution in [0.15, 0.2) is 36.9 Å². The molecule has 0 aliphatic carbocycles. The Morgan fingerprint density at radius 3 is 2.64 bits per heavy atom. The zero-order valence-corrected chi connectivity index (χ0v) is 7.50. The highest BCUT2D eigenvalue weighted by atomic mass is 16.1. The first-order valence-corrected chi connectivity index (χ1v) is 4.25. The molecule has 4 heteroatoms. The fourth-order valence-electron chi connectivity index (χ4n) is 1.29. The van der Waals surface area contributed by atoms with E-state index in [-0.39, 0.29) is 0 Å². The lowest BCUT2D eigenvalue weighted by molar-refractivity contribution is 0.112. The van der Waals surface area contributed by atoms with E-state index in [1.54, 1.807) is 18.7 Å². The molecule has 2 rings (SSSR count). The molecule has 1 aromatic heterocycles. The maximum absolute atomic E-state index is 10.7. The van der Waals surface area contributed by atoms with Gasteiger partial charge in [0.2, 0.25) is 0 Å². The molecule has 14 heavy (non-hydrogen) atoms. The second kappa shape index (κ2) is 3.83. The van der Waals surface area contributed by atoms with Crippen molar-refractivity contribution in [1.82, 2.24) is 14.8 Å². The first-order chi connectivity index (χ1) is 6.90. The molecule has 70 valence electrons. The van der Waals surface area contributed by atoms with Crippen molar-refractivity contribution in [1.29, 1.82) is 0 Å². The molecule has 0 fully saturated rings. The molecule has 0 amide bonds. The van der Waals surface area contributed by atoms with Crippen LogP contribution in [0.1, 0.15) is 15.9 Å². The van der Waals surface area contributed by atoms with Gasteiger partial charge in [-0.2, -0.15) is 0 Å². The highest BCUT2D eigenvalue weighted by molar-refractivity contribution is 5.77. The van der Waals surface area contributed by atoms with Crippen molar-refractivity contribution in [3.05, 3.63) is 48.0 Å². The number of hydrogen-bond donors (Lipinski definition) is 0. The van der Waals surface area contributed by atoms with E-state index in [4.69, 9.17) is 0 Å². The van der Waals surface area contributed by atoms with E-state index in [9.17, 15) is 4.79 Å². The summed E-state index contributed by atoms with van der Waals surface area (Å²) in [7, 11) is 0. The topological polar surface area (TPSA) is 47.8 Å². The average Bonchev–Trinajstić information content (AvgIpc) is 2.71. The smallest absolute Gasteiger partial charge is 0.150 e. The van der Waals surface area contributed by atoms with E-state index in [1.165, 1.54) is 0 Å². The lowest BCUT2D eigenvalue weighted by Gasteiger charge is -2.03. The highest BCUT2D eigenvalue weighted by Crippen LogP contribution is 2.07. The van der Waals surface area contributed by atoms with E-state index < -0.39 is 0 Å². The van der Waals surface area contributed by atoms with Gasteiger partial charge in [0.05, 0.1) is 6.54 Å². The lowest BCUT2D eigenvalue weighted by Crippen LogP contribution is -2.00. The Balaban J connectivity index is 2.28. The summed E-state index contributed by atoms with van der Waals surface area (Å²) in [4.78, 5) is 10.7. The van der Waals surface area contributed by atoms with Gasteiger partial charge in [0.25, 0.3) is 0 Å². The number of hydrogen-bond acceptors (Lipinski definition) is 3. The molecule has 4 nitrogen and oxygen atoms in total. The standard InChI is InChI=1S/C10H9N3O/c14-6-10-4-2-1-3-9(10)5-13-7-11-12-8-13/h1-4,6-8H,5H2. The summed E-state index contributed by atoms with van der Waals surface area (Å²) in [6, 6.07) is 7.47. The van der Waals surface area contributed by atoms with E-state index >= 15 is 0 Å². The highest BCUT2D eigenvalue weighted by Gasteiger charge is 2.00. The Hall–Kier alpha value is -1.97. The molecule has 0 radical (unpaired) electrons. The van der Waals surface area contributed by atoms with Crippen LogP contribution >= 0.6 is 0 Å². The minimum atomic E-state index is 0.627. The first kappa shape index (κ1) is 8.62. The fraction of sp³-hybridized carbons (Fsp3) is 0.100. The molecule has 0 saturated heterocycles. The lowest BCUT2D eigenvalue weighted by atomic mass is 10.1. The molecule has 0 unspecified atom stereocenters. The van der Waals surface area contributed by atoms with E-state index in [1.807, 2.05) is 22.8 Å². The molecule has 1 aromatic carbocycles. The van der Waals surface area contributed by atoms with Crippen LogP contribution in [0.5, 0.6) is 0 Å². The Bertz CT molecular complexity index is 423. The van der Waals surface area contributed by atoms with Gasteiger partial charge < -0.3 is 4.57 Å². The second-order valence-electron chi connectivity index (χ2n) is 2.95. The first-order valence-electron chi connectivity index (χ1n) is 4.25. The van der Waals surface area contributed by atoms with Crippen LogP contribution in [0, 0.1) is 0 Å². The van der Waals surface area contributed by atoms with Gasteiger partial charge in [-0.1, -0.05) is 24.3 Å². The number of aromatic nitrogens is 3. The predicted octanol–water partition coefficient (Wildman–Crippen LogP) is 1.14. The van der Waals surface area contributed by atoms with Gasteiger partial charge in [-0.05, 0) is 5.56 Å². The van der Waals surface area contributed by atoms with Gasteiger partial charge in [-0.15, -0.1) is 10.2 Å². The Morgan fingerprint density at radius 2 is 1.93 bits per heavy atom. The van der Waals surface area contributed by atoms with Crippen molar-refractivity contribution >= 4 is 6.29 Å². The van der Waals surface area contributed by atoms with Crippen molar-refractivity contribution < 1.29 is 4.79 Å². The minimum absolute atomic E-state index is 0.627. The van der Waals surface area contributed by atoms with Crippen LogP contribution in [0.2, 0.25) is 0 Å². The van der Waals surface area contributed by atoms with Gasteiger partial charge >= 0.3 is 0 Å². The SMILES string of the molecule is O=Cc1ccccc1Cn1cnnc1. The summed E-state index contributed by atoms with van der Waals surface area (Å²) in [6.07, 6.45) is 4.11. The summed E-state index contributed by atoms with van der Waals surface area (Å²) in [5.41, 5.74) is 1.68. The molecule has 0 spiro atoms. The van der Waals surface area contributed by atoms with Gasteiger partial charge in [-0.25, -0.2) is 0 Å². The van der Waals surface area contributed by atoms with Crippen molar-refractivity contribution in [3.8, 4) is 0 Å². The Kier molecular flexibility index (Phi) is 2.36. The predicted molar refractivity (Wildman–Crippen MR) is 51.0 cm³/mol. The van der Waals surface area contributed by atoms with Crippen LogP contribution in [0.25, 0.3) is 0 Å². The van der Waals surface area contributed by atoms with Crippen LogP contribution in [-0.2, 0) is 6.54 Å². The number of aldehydes is 1. The average molecular weight is 187 g/mol. The molecule has 1 heterocycles. The van der Waals surface area contributed by atoms with Crippen molar-refractivity contribution in [2.24, 2.45) is 0 Å². The maximum atomic E-state index is 10.7. The zero-order chi connectivity index (χ0) is 9.80. The monoisotopic (exact) mass is 187 g/mol. The summed E-state index contributed by atoms with van der Waals surface area (Å²) >= 11 is 0. The third-order valence-corrected chi connectivity index (χ3v) is 2.00. The summed E-state index contributed by atoms with van der Waals surface area (Å²) in [5, 5.41) is 7.40. The van der Waals surface area contributed by atoms with E-state index in [2.05, 4.69) is 10.2 Å². The number of carbonyl (C=O) groups is 1. The molecule has 0 aliphatic rings. The quantitative estimate of drug-likeness (QED) is 0.677. The van der Waals surface area contributed by atoms with Crippen LogP contribution in [0.4, 0.5) is 0 Å².